The number of aromatic nitrogens is 1. The number of benzene rings is 2. The number of halogens is 3. The van der Waals surface area contributed by atoms with Gasteiger partial charge in [0.2, 0.25) is 0 Å². The molecule has 0 saturated heterocycles. The summed E-state index contributed by atoms with van der Waals surface area (Å²) in [5.41, 5.74) is 0.0542. The molecule has 0 radical (unpaired) electrons. The van der Waals surface area contributed by atoms with Crippen LogP contribution in [0, 0.1) is 0 Å². The van der Waals surface area contributed by atoms with Crippen LogP contribution in [-0.2, 0) is 17.5 Å². The molecule has 0 aliphatic rings. The Bertz CT molecular complexity index is 917. The number of hydrogen-bond acceptors (Lipinski definition) is 4. The van der Waals surface area contributed by atoms with Gasteiger partial charge in [-0.15, -0.1) is 11.3 Å². The molecule has 1 amide bonds. The zero-order chi connectivity index (χ0) is 18.0. The Morgan fingerprint density at radius 3 is 2.56 bits per heavy atom. The van der Waals surface area contributed by atoms with Gasteiger partial charge in [0.05, 0.1) is 15.8 Å². The van der Waals surface area contributed by atoms with Crippen LogP contribution < -0.4 is 5.32 Å². The van der Waals surface area contributed by atoms with Crippen molar-refractivity contribution in [2.75, 3.05) is 0 Å². The van der Waals surface area contributed by atoms with Crippen LogP contribution in [0.4, 0.5) is 13.2 Å². The van der Waals surface area contributed by atoms with Crippen LogP contribution in [0.25, 0.3) is 10.2 Å². The molecule has 1 heterocycles. The fraction of sp³-hybridized carbons (Fsp3) is 0.118. The predicted molar refractivity (Wildman–Crippen MR) is 87.2 cm³/mol. The molecule has 0 unspecified atom stereocenters. The second kappa shape index (κ2) is 6.64. The van der Waals surface area contributed by atoms with Gasteiger partial charge in [0.15, 0.2) is 5.01 Å². The molecule has 3 rings (SSSR count). The lowest BCUT2D eigenvalue weighted by Gasteiger charge is -2.09. The summed E-state index contributed by atoms with van der Waals surface area (Å²) in [7, 11) is 0. The van der Waals surface area contributed by atoms with Crippen molar-refractivity contribution >= 4 is 33.2 Å². The first-order valence-corrected chi connectivity index (χ1v) is 8.00. The molecule has 0 spiro atoms. The van der Waals surface area contributed by atoms with Gasteiger partial charge in [-0.2, -0.15) is 13.2 Å². The van der Waals surface area contributed by atoms with Gasteiger partial charge in [0.25, 0.3) is 11.7 Å². The highest BCUT2D eigenvalue weighted by atomic mass is 32.1. The lowest BCUT2D eigenvalue weighted by molar-refractivity contribution is -0.137. The number of Topliss-reactive ketones (excluding diaryl/α,β-unsaturated/α-hetero) is 1. The number of alkyl halides is 3. The van der Waals surface area contributed by atoms with Gasteiger partial charge < -0.3 is 5.32 Å². The largest absolute Gasteiger partial charge is 0.416 e. The summed E-state index contributed by atoms with van der Waals surface area (Å²) >= 11 is 1.09. The highest BCUT2D eigenvalue weighted by Gasteiger charge is 2.30. The lowest BCUT2D eigenvalue weighted by Crippen LogP contribution is -2.30. The van der Waals surface area contributed by atoms with Gasteiger partial charge in [-0.3, -0.25) is 9.59 Å². The number of para-hydroxylation sites is 1. The number of hydrogen-bond donors (Lipinski definition) is 1. The van der Waals surface area contributed by atoms with Crippen LogP contribution in [0.5, 0.6) is 0 Å². The number of amides is 1. The van der Waals surface area contributed by atoms with E-state index in [1.54, 1.807) is 24.3 Å². The summed E-state index contributed by atoms with van der Waals surface area (Å²) < 4.78 is 38.8. The van der Waals surface area contributed by atoms with Gasteiger partial charge >= 0.3 is 6.18 Å². The normalized spacial score (nSPS) is 11.5. The molecule has 3 aromatic rings. The monoisotopic (exact) mass is 364 g/mol. The zero-order valence-electron chi connectivity index (χ0n) is 12.6. The molecule has 0 aliphatic heterocycles. The molecule has 0 aliphatic carbocycles. The Balaban J connectivity index is 1.69. The van der Waals surface area contributed by atoms with E-state index in [-0.39, 0.29) is 17.1 Å². The van der Waals surface area contributed by atoms with E-state index < -0.39 is 23.4 Å². The van der Waals surface area contributed by atoms with Gasteiger partial charge in [-0.1, -0.05) is 24.3 Å². The minimum atomic E-state index is -4.46. The summed E-state index contributed by atoms with van der Waals surface area (Å²) in [4.78, 5) is 28.2. The molecular weight excluding hydrogens is 353 g/mol. The Kier molecular flexibility index (Phi) is 4.54. The number of ketones is 1. The molecular formula is C17H11F3N2O2S. The first kappa shape index (κ1) is 17.1. The van der Waals surface area contributed by atoms with E-state index in [0.717, 1.165) is 28.2 Å². The number of nitrogens with one attached hydrogen (secondary N) is 1. The first-order chi connectivity index (χ1) is 11.8. The maximum atomic E-state index is 12.7. The zero-order valence-corrected chi connectivity index (χ0v) is 13.4. The van der Waals surface area contributed by atoms with Crippen LogP contribution in [0.3, 0.4) is 0 Å². The molecule has 0 saturated carbocycles. The fourth-order valence-electron chi connectivity index (χ4n) is 2.19. The standard InChI is InChI=1S/C17H11F3N2O2S/c18-17(19,20)11-5-3-4-10(8-11)9-21-15(24)14(23)16-22-12-6-1-2-7-13(12)25-16/h1-8H,9H2,(H,21,24). The molecule has 0 fully saturated rings. The van der Waals surface area contributed by atoms with Crippen LogP contribution in [0.2, 0.25) is 0 Å². The molecule has 1 N–H and O–H groups in total. The SMILES string of the molecule is O=C(NCc1cccc(C(F)(F)F)c1)C(=O)c1nc2ccccc2s1. The first-order valence-electron chi connectivity index (χ1n) is 7.19. The van der Waals surface area contributed by atoms with E-state index in [2.05, 4.69) is 10.3 Å². The minimum Gasteiger partial charge on any atom is -0.345 e. The fourth-order valence-corrected chi connectivity index (χ4v) is 3.09. The summed E-state index contributed by atoms with van der Waals surface area (Å²) in [6.07, 6.45) is -4.46. The number of nitrogens with zero attached hydrogens (tertiary/aromatic N) is 1. The van der Waals surface area contributed by atoms with Crippen LogP contribution in [0.15, 0.2) is 48.5 Å². The second-order valence-corrected chi connectivity index (χ2v) is 6.23. The van der Waals surface area contributed by atoms with Crippen molar-refractivity contribution in [3.8, 4) is 0 Å². The molecule has 8 heteroatoms. The predicted octanol–water partition coefficient (Wildman–Crippen LogP) is 3.81. The quantitative estimate of drug-likeness (QED) is 0.566. The average Bonchev–Trinajstić information content (AvgIpc) is 3.02. The van der Waals surface area contributed by atoms with Crippen molar-refractivity contribution in [1.82, 2.24) is 10.3 Å². The van der Waals surface area contributed by atoms with Gasteiger partial charge in [-0.05, 0) is 29.8 Å². The van der Waals surface area contributed by atoms with Crippen LogP contribution in [-0.4, -0.2) is 16.7 Å². The van der Waals surface area contributed by atoms with Crippen molar-refractivity contribution in [3.05, 3.63) is 64.7 Å². The summed E-state index contributed by atoms with van der Waals surface area (Å²) in [5.74, 6) is -1.72. The van der Waals surface area contributed by atoms with Gasteiger partial charge in [-0.25, -0.2) is 4.98 Å². The van der Waals surface area contributed by atoms with Crippen LogP contribution in [0.1, 0.15) is 20.9 Å². The number of thiazole rings is 1. The highest BCUT2D eigenvalue weighted by Crippen LogP contribution is 2.29. The molecule has 25 heavy (non-hydrogen) atoms. The Morgan fingerprint density at radius 1 is 1.08 bits per heavy atom. The molecule has 0 atom stereocenters. The van der Waals surface area contributed by atoms with E-state index in [9.17, 15) is 22.8 Å². The smallest absolute Gasteiger partial charge is 0.345 e. The van der Waals surface area contributed by atoms with Crippen molar-refractivity contribution in [2.45, 2.75) is 12.7 Å². The maximum Gasteiger partial charge on any atom is 0.416 e. The van der Waals surface area contributed by atoms with Crippen molar-refractivity contribution in [3.63, 3.8) is 0 Å². The topological polar surface area (TPSA) is 59.1 Å². The molecule has 128 valence electrons. The van der Waals surface area contributed by atoms with Gasteiger partial charge in [0, 0.05) is 6.54 Å². The number of carbonyl (C=O) groups is 2. The molecule has 2 aromatic carbocycles. The molecule has 4 nitrogen and oxygen atoms in total. The maximum absolute atomic E-state index is 12.7. The van der Waals surface area contributed by atoms with Gasteiger partial charge in [0.1, 0.15) is 0 Å². The van der Waals surface area contributed by atoms with Crippen molar-refractivity contribution in [1.29, 1.82) is 0 Å². The third-order valence-electron chi connectivity index (χ3n) is 3.40. The summed E-state index contributed by atoms with van der Waals surface area (Å²) in [6, 6.07) is 11.6. The van der Waals surface area contributed by atoms with E-state index in [1.165, 1.54) is 12.1 Å². The Hall–Kier alpha value is -2.74. The van der Waals surface area contributed by atoms with Crippen LogP contribution >= 0.6 is 11.3 Å². The number of rotatable bonds is 4. The number of fused-ring (bicyclic) bond motifs is 1. The van der Waals surface area contributed by atoms with E-state index in [0.29, 0.717) is 5.52 Å². The van der Waals surface area contributed by atoms with Crippen molar-refractivity contribution < 1.29 is 22.8 Å². The summed E-state index contributed by atoms with van der Waals surface area (Å²) in [5, 5.41) is 2.38. The van der Waals surface area contributed by atoms with E-state index >= 15 is 0 Å². The third kappa shape index (κ3) is 3.85. The van der Waals surface area contributed by atoms with E-state index in [1.807, 2.05) is 0 Å². The highest BCUT2D eigenvalue weighted by molar-refractivity contribution is 7.20. The lowest BCUT2D eigenvalue weighted by atomic mass is 10.1. The third-order valence-corrected chi connectivity index (χ3v) is 4.44. The molecule has 1 aromatic heterocycles. The number of carbonyl (C=O) groups excluding carboxylic acids is 2. The Morgan fingerprint density at radius 2 is 1.84 bits per heavy atom. The average molecular weight is 364 g/mol. The van der Waals surface area contributed by atoms with E-state index in [4.69, 9.17) is 0 Å². The molecule has 0 bridgehead atoms. The Labute approximate surface area is 144 Å². The van der Waals surface area contributed by atoms with Crippen molar-refractivity contribution in [2.24, 2.45) is 0 Å². The minimum absolute atomic E-state index is 0.0442. The summed E-state index contributed by atoms with van der Waals surface area (Å²) in [6.45, 7) is -0.181. The second-order valence-electron chi connectivity index (χ2n) is 5.20.